The molecule has 1 heterocycles. The molecule has 1 fully saturated rings. The third-order valence-corrected chi connectivity index (χ3v) is 4.70. The van der Waals surface area contributed by atoms with Crippen molar-refractivity contribution in [2.45, 2.75) is 63.6 Å². The zero-order valence-electron chi connectivity index (χ0n) is 14.9. The Hall–Kier alpha value is -2.38. The summed E-state index contributed by atoms with van der Waals surface area (Å²) in [6.07, 6.45) is 2.74. The fourth-order valence-corrected chi connectivity index (χ4v) is 3.25. The van der Waals surface area contributed by atoms with Crippen molar-refractivity contribution in [3.05, 3.63) is 35.7 Å². The van der Waals surface area contributed by atoms with Crippen molar-refractivity contribution in [2.24, 2.45) is 0 Å². The van der Waals surface area contributed by atoms with Gasteiger partial charge in [-0.05, 0) is 25.0 Å². The molecule has 5 nitrogen and oxygen atoms in total. The van der Waals surface area contributed by atoms with Gasteiger partial charge in [0.1, 0.15) is 0 Å². The molecule has 0 bridgehead atoms. The number of alkyl halides is 3. The van der Waals surface area contributed by atoms with Gasteiger partial charge in [-0.2, -0.15) is 18.2 Å². The van der Waals surface area contributed by atoms with Gasteiger partial charge in [-0.15, -0.1) is 0 Å². The van der Waals surface area contributed by atoms with E-state index >= 15 is 0 Å². The highest BCUT2D eigenvalue weighted by Crippen LogP contribution is 2.31. The molecule has 27 heavy (non-hydrogen) atoms. The molecule has 0 radical (unpaired) electrons. The lowest BCUT2D eigenvalue weighted by Crippen LogP contribution is -2.34. The molecule has 146 valence electrons. The molecule has 1 amide bonds. The number of rotatable bonds is 5. The molecule has 1 aliphatic rings. The highest BCUT2D eigenvalue weighted by molar-refractivity contribution is 5.76. The number of aromatic nitrogens is 2. The van der Waals surface area contributed by atoms with Crippen molar-refractivity contribution >= 4 is 5.91 Å². The minimum absolute atomic E-state index is 0.0688. The summed E-state index contributed by atoms with van der Waals surface area (Å²) in [5.41, 5.74) is -0.545. The fourth-order valence-electron chi connectivity index (χ4n) is 3.25. The molecule has 3 rings (SSSR count). The summed E-state index contributed by atoms with van der Waals surface area (Å²) in [4.78, 5) is 16.2. The predicted molar refractivity (Wildman–Crippen MR) is 92.7 cm³/mol. The van der Waals surface area contributed by atoms with Crippen molar-refractivity contribution in [3.63, 3.8) is 0 Å². The molecule has 1 aliphatic carbocycles. The van der Waals surface area contributed by atoms with Gasteiger partial charge in [0.15, 0.2) is 0 Å². The van der Waals surface area contributed by atoms with Crippen molar-refractivity contribution in [1.29, 1.82) is 0 Å². The van der Waals surface area contributed by atoms with E-state index in [1.807, 2.05) is 0 Å². The van der Waals surface area contributed by atoms with Crippen molar-refractivity contribution < 1.29 is 22.5 Å². The smallest absolute Gasteiger partial charge is 0.353 e. The van der Waals surface area contributed by atoms with Crippen LogP contribution in [-0.2, 0) is 17.4 Å². The quantitative estimate of drug-likeness (QED) is 0.773. The topological polar surface area (TPSA) is 68.0 Å². The number of carbonyl (C=O) groups is 1. The number of benzene rings is 1. The van der Waals surface area contributed by atoms with E-state index in [0.29, 0.717) is 0 Å². The maximum Gasteiger partial charge on any atom is 0.416 e. The number of amides is 1. The molecule has 0 aliphatic heterocycles. The van der Waals surface area contributed by atoms with Crippen molar-refractivity contribution in [1.82, 2.24) is 15.5 Å². The van der Waals surface area contributed by atoms with Crippen LogP contribution in [0.4, 0.5) is 13.2 Å². The van der Waals surface area contributed by atoms with Crippen LogP contribution in [0, 0.1) is 0 Å². The average Bonchev–Trinajstić information content (AvgIpc) is 2.97. The van der Waals surface area contributed by atoms with E-state index in [-0.39, 0.29) is 42.1 Å². The highest BCUT2D eigenvalue weighted by atomic mass is 19.4. The Morgan fingerprint density at radius 1 is 1.19 bits per heavy atom. The van der Waals surface area contributed by atoms with E-state index in [2.05, 4.69) is 15.5 Å². The first-order chi connectivity index (χ1) is 12.9. The number of hydrogen-bond acceptors (Lipinski definition) is 4. The second-order valence-electron chi connectivity index (χ2n) is 6.85. The SMILES string of the molecule is O=C(CCc1nc(-c2cccc(C(F)(F)F)c2)no1)NC1CCCCCC1. The predicted octanol–water partition coefficient (Wildman–Crippen LogP) is 4.53. The average molecular weight is 381 g/mol. The first-order valence-corrected chi connectivity index (χ1v) is 9.21. The summed E-state index contributed by atoms with van der Waals surface area (Å²) < 4.78 is 43.5. The van der Waals surface area contributed by atoms with Crippen LogP contribution < -0.4 is 5.32 Å². The first kappa shape index (κ1) is 19.4. The van der Waals surface area contributed by atoms with Crippen LogP contribution in [0.25, 0.3) is 11.4 Å². The molecular weight excluding hydrogens is 359 g/mol. The molecule has 0 unspecified atom stereocenters. The fraction of sp³-hybridized carbons (Fsp3) is 0.526. The summed E-state index contributed by atoms with van der Waals surface area (Å²) in [6.45, 7) is 0. The van der Waals surface area contributed by atoms with Crippen LogP contribution in [0.3, 0.4) is 0 Å². The van der Waals surface area contributed by atoms with Gasteiger partial charge in [-0.25, -0.2) is 0 Å². The van der Waals surface area contributed by atoms with Gasteiger partial charge >= 0.3 is 6.18 Å². The Kier molecular flexibility index (Phi) is 6.13. The van der Waals surface area contributed by atoms with E-state index in [1.54, 1.807) is 0 Å². The zero-order chi connectivity index (χ0) is 19.3. The van der Waals surface area contributed by atoms with Gasteiger partial charge in [-0.1, -0.05) is 43.0 Å². The lowest BCUT2D eigenvalue weighted by Gasteiger charge is -2.15. The van der Waals surface area contributed by atoms with Crippen molar-refractivity contribution in [2.75, 3.05) is 0 Å². The summed E-state index contributed by atoms with van der Waals surface area (Å²) >= 11 is 0. The molecule has 1 N–H and O–H groups in total. The Morgan fingerprint density at radius 3 is 2.63 bits per heavy atom. The minimum Gasteiger partial charge on any atom is -0.353 e. The third-order valence-electron chi connectivity index (χ3n) is 4.70. The van der Waals surface area contributed by atoms with Gasteiger partial charge in [0.25, 0.3) is 0 Å². The highest BCUT2D eigenvalue weighted by Gasteiger charge is 2.30. The van der Waals surface area contributed by atoms with Gasteiger partial charge in [0, 0.05) is 24.4 Å². The molecule has 0 atom stereocenters. The molecule has 0 saturated heterocycles. The Balaban J connectivity index is 1.56. The number of aryl methyl sites for hydroxylation is 1. The van der Waals surface area contributed by atoms with Gasteiger partial charge < -0.3 is 9.84 Å². The minimum atomic E-state index is -4.43. The molecule has 0 spiro atoms. The number of halogens is 3. The number of hydrogen-bond donors (Lipinski definition) is 1. The van der Waals surface area contributed by atoms with E-state index in [0.717, 1.165) is 37.8 Å². The van der Waals surface area contributed by atoms with Gasteiger partial charge in [0.05, 0.1) is 5.56 Å². The van der Waals surface area contributed by atoms with Crippen LogP contribution in [0.15, 0.2) is 28.8 Å². The first-order valence-electron chi connectivity index (χ1n) is 9.21. The van der Waals surface area contributed by atoms with E-state index in [9.17, 15) is 18.0 Å². The van der Waals surface area contributed by atoms with Crippen LogP contribution in [-0.4, -0.2) is 22.1 Å². The zero-order valence-corrected chi connectivity index (χ0v) is 14.9. The number of nitrogens with one attached hydrogen (secondary N) is 1. The van der Waals surface area contributed by atoms with Crippen LogP contribution in [0.5, 0.6) is 0 Å². The maximum atomic E-state index is 12.8. The normalized spacial score (nSPS) is 16.1. The Morgan fingerprint density at radius 2 is 1.93 bits per heavy atom. The number of nitrogens with zero attached hydrogens (tertiary/aromatic N) is 2. The summed E-state index contributed by atoms with van der Waals surface area (Å²) in [5, 5.41) is 6.77. The summed E-state index contributed by atoms with van der Waals surface area (Å²) in [6, 6.07) is 4.98. The third kappa shape index (κ3) is 5.55. The van der Waals surface area contributed by atoms with Crippen LogP contribution in [0.1, 0.15) is 56.4 Å². The lowest BCUT2D eigenvalue weighted by atomic mass is 10.1. The Labute approximate surface area is 155 Å². The van der Waals surface area contributed by atoms with Crippen LogP contribution in [0.2, 0.25) is 0 Å². The second kappa shape index (κ2) is 8.54. The molecule has 1 aromatic heterocycles. The molecular formula is C19H22F3N3O2. The molecule has 2 aromatic rings. The largest absolute Gasteiger partial charge is 0.416 e. The summed E-state index contributed by atoms with van der Waals surface area (Å²) in [5.74, 6) is 0.249. The second-order valence-corrected chi connectivity index (χ2v) is 6.85. The van der Waals surface area contributed by atoms with Gasteiger partial charge in [-0.3, -0.25) is 4.79 Å². The monoisotopic (exact) mass is 381 g/mol. The Bertz CT molecular complexity index is 766. The number of carbonyl (C=O) groups excluding carboxylic acids is 1. The maximum absolute atomic E-state index is 12.8. The van der Waals surface area contributed by atoms with Gasteiger partial charge in [0.2, 0.25) is 17.6 Å². The van der Waals surface area contributed by atoms with E-state index in [4.69, 9.17) is 4.52 Å². The van der Waals surface area contributed by atoms with Crippen molar-refractivity contribution in [3.8, 4) is 11.4 Å². The molecule has 1 aromatic carbocycles. The lowest BCUT2D eigenvalue weighted by molar-refractivity contribution is -0.137. The summed E-state index contributed by atoms with van der Waals surface area (Å²) in [7, 11) is 0. The molecule has 8 heteroatoms. The van der Waals surface area contributed by atoms with Crippen LogP contribution >= 0.6 is 0 Å². The molecule has 1 saturated carbocycles. The standard InChI is InChI=1S/C19H22F3N3O2/c20-19(21,22)14-7-5-6-13(12-14)18-24-17(27-25-18)11-10-16(26)23-15-8-3-1-2-4-9-15/h5-7,12,15H,1-4,8-11H2,(H,23,26). The van der Waals surface area contributed by atoms with E-state index < -0.39 is 11.7 Å². The van der Waals surface area contributed by atoms with E-state index in [1.165, 1.54) is 25.0 Å².